The smallest absolute Gasteiger partial charge is 0.338 e. The molecule has 1 saturated heterocycles. The number of ether oxygens (including phenoxy) is 1. The van der Waals surface area contributed by atoms with Gasteiger partial charge in [-0.25, -0.2) is 4.79 Å². The van der Waals surface area contributed by atoms with Crippen LogP contribution in [0.15, 0.2) is 72.8 Å². The van der Waals surface area contributed by atoms with E-state index >= 15 is 0 Å². The van der Waals surface area contributed by atoms with Gasteiger partial charge in [-0.3, -0.25) is 14.5 Å². The van der Waals surface area contributed by atoms with E-state index < -0.39 is 5.97 Å². The van der Waals surface area contributed by atoms with Crippen molar-refractivity contribution in [1.82, 2.24) is 0 Å². The van der Waals surface area contributed by atoms with Gasteiger partial charge in [-0.05, 0) is 47.0 Å². The van der Waals surface area contributed by atoms with Gasteiger partial charge in [-0.2, -0.15) is 5.26 Å². The Balaban J connectivity index is 1.39. The fourth-order valence-corrected chi connectivity index (χ4v) is 3.46. The Labute approximate surface area is 179 Å². The Hall–Kier alpha value is -4.24. The molecule has 1 fully saturated rings. The maximum atomic E-state index is 12.3. The summed E-state index contributed by atoms with van der Waals surface area (Å²) < 4.78 is 5.37. The second kappa shape index (κ2) is 8.64. The number of nitriles is 1. The van der Waals surface area contributed by atoms with Crippen LogP contribution in [0.25, 0.3) is 11.1 Å². The average Bonchev–Trinajstić information content (AvgIpc) is 3.15. The summed E-state index contributed by atoms with van der Waals surface area (Å²) in [6.07, 6.45) is 0.424. The van der Waals surface area contributed by atoms with Gasteiger partial charge in [0.1, 0.15) is 6.61 Å². The minimum Gasteiger partial charge on any atom is -0.457 e. The molecule has 0 aromatic heterocycles. The molecule has 0 N–H and O–H groups in total. The first-order valence-corrected chi connectivity index (χ1v) is 9.78. The Bertz CT molecular complexity index is 1180. The van der Waals surface area contributed by atoms with Crippen molar-refractivity contribution in [3.8, 4) is 17.2 Å². The van der Waals surface area contributed by atoms with Crippen LogP contribution in [0.4, 0.5) is 5.69 Å². The predicted octanol–water partition coefficient (Wildman–Crippen LogP) is 4.24. The molecule has 31 heavy (non-hydrogen) atoms. The van der Waals surface area contributed by atoms with Crippen LogP contribution in [-0.2, 0) is 20.9 Å². The third kappa shape index (κ3) is 4.21. The highest BCUT2D eigenvalue weighted by Crippen LogP contribution is 2.25. The van der Waals surface area contributed by atoms with E-state index in [2.05, 4.69) is 6.07 Å². The van der Waals surface area contributed by atoms with Crippen LogP contribution in [0, 0.1) is 11.3 Å². The first kappa shape index (κ1) is 20.0. The fraction of sp³-hybridized carbons (Fsp3) is 0.120. The van der Waals surface area contributed by atoms with Crippen LogP contribution in [-0.4, -0.2) is 17.8 Å². The molecule has 4 rings (SSSR count). The van der Waals surface area contributed by atoms with E-state index in [4.69, 9.17) is 4.74 Å². The summed E-state index contributed by atoms with van der Waals surface area (Å²) in [5.41, 5.74) is 3.97. The standard InChI is InChI=1S/C25H18N2O4/c26-15-20-3-1-2-4-22(20)18-7-5-17(6-8-18)16-31-25(30)19-9-11-21(12-10-19)27-23(28)13-14-24(27)29/h1-12H,13-14,16H2. The molecular weight excluding hydrogens is 392 g/mol. The molecule has 152 valence electrons. The molecule has 0 aliphatic carbocycles. The highest BCUT2D eigenvalue weighted by Gasteiger charge is 2.30. The van der Waals surface area contributed by atoms with Crippen LogP contribution in [0.3, 0.4) is 0 Å². The van der Waals surface area contributed by atoms with Crippen molar-refractivity contribution in [1.29, 1.82) is 5.26 Å². The van der Waals surface area contributed by atoms with Crippen molar-refractivity contribution >= 4 is 23.5 Å². The molecular formula is C25H18N2O4. The highest BCUT2D eigenvalue weighted by molar-refractivity contribution is 6.19. The largest absolute Gasteiger partial charge is 0.457 e. The molecule has 6 heteroatoms. The lowest BCUT2D eigenvalue weighted by atomic mass is 9.99. The molecule has 3 aromatic carbocycles. The molecule has 0 unspecified atom stereocenters. The van der Waals surface area contributed by atoms with Gasteiger partial charge in [0.05, 0.1) is 22.9 Å². The summed E-state index contributed by atoms with van der Waals surface area (Å²) in [7, 11) is 0. The highest BCUT2D eigenvalue weighted by atomic mass is 16.5. The van der Waals surface area contributed by atoms with Crippen molar-refractivity contribution < 1.29 is 19.1 Å². The maximum Gasteiger partial charge on any atom is 0.338 e. The molecule has 1 aliphatic rings. The summed E-state index contributed by atoms with van der Waals surface area (Å²) in [4.78, 5) is 37.1. The second-order valence-electron chi connectivity index (χ2n) is 7.10. The number of amides is 2. The Morgan fingerprint density at radius 1 is 0.903 bits per heavy atom. The zero-order chi connectivity index (χ0) is 21.8. The van der Waals surface area contributed by atoms with Crippen molar-refractivity contribution in [2.75, 3.05) is 4.90 Å². The number of benzene rings is 3. The predicted molar refractivity (Wildman–Crippen MR) is 114 cm³/mol. The molecule has 0 saturated carbocycles. The minimum absolute atomic E-state index is 0.101. The number of esters is 1. The van der Waals surface area contributed by atoms with E-state index in [9.17, 15) is 19.6 Å². The lowest BCUT2D eigenvalue weighted by Crippen LogP contribution is -2.28. The van der Waals surface area contributed by atoms with Crippen molar-refractivity contribution in [3.63, 3.8) is 0 Å². The fourth-order valence-electron chi connectivity index (χ4n) is 3.46. The monoisotopic (exact) mass is 410 g/mol. The minimum atomic E-state index is -0.496. The Morgan fingerprint density at radius 2 is 1.55 bits per heavy atom. The number of carbonyl (C=O) groups is 3. The van der Waals surface area contributed by atoms with E-state index in [1.807, 2.05) is 42.5 Å². The molecule has 0 atom stereocenters. The number of rotatable bonds is 5. The number of hydrogen-bond donors (Lipinski definition) is 0. The summed E-state index contributed by atoms with van der Waals surface area (Å²) in [5.74, 6) is -0.966. The van der Waals surface area contributed by atoms with E-state index in [-0.39, 0.29) is 31.3 Å². The molecule has 0 radical (unpaired) electrons. The molecule has 0 bridgehead atoms. The number of hydrogen-bond acceptors (Lipinski definition) is 5. The van der Waals surface area contributed by atoms with E-state index in [1.165, 1.54) is 0 Å². The molecule has 2 amide bonds. The normalized spacial score (nSPS) is 13.2. The van der Waals surface area contributed by atoms with Crippen LogP contribution in [0.1, 0.15) is 34.3 Å². The topological polar surface area (TPSA) is 87.5 Å². The molecule has 1 heterocycles. The van der Waals surface area contributed by atoms with Gasteiger partial charge in [-0.15, -0.1) is 0 Å². The second-order valence-corrected chi connectivity index (χ2v) is 7.10. The zero-order valence-corrected chi connectivity index (χ0v) is 16.6. The lowest BCUT2D eigenvalue weighted by Gasteiger charge is -2.14. The van der Waals surface area contributed by atoms with Gasteiger partial charge in [0, 0.05) is 12.8 Å². The van der Waals surface area contributed by atoms with E-state index in [0.717, 1.165) is 21.6 Å². The van der Waals surface area contributed by atoms with Crippen LogP contribution in [0.5, 0.6) is 0 Å². The summed E-state index contributed by atoms with van der Waals surface area (Å²) in [6, 6.07) is 23.2. The SMILES string of the molecule is N#Cc1ccccc1-c1ccc(COC(=O)c2ccc(N3C(=O)CCC3=O)cc2)cc1. The maximum absolute atomic E-state index is 12.3. The van der Waals surface area contributed by atoms with Gasteiger partial charge in [0.15, 0.2) is 0 Å². The zero-order valence-electron chi connectivity index (χ0n) is 16.6. The van der Waals surface area contributed by atoms with E-state index in [1.54, 1.807) is 30.3 Å². The van der Waals surface area contributed by atoms with Gasteiger partial charge in [-0.1, -0.05) is 42.5 Å². The van der Waals surface area contributed by atoms with Gasteiger partial charge < -0.3 is 4.74 Å². The van der Waals surface area contributed by atoms with Gasteiger partial charge >= 0.3 is 5.97 Å². The van der Waals surface area contributed by atoms with Crippen LogP contribution >= 0.6 is 0 Å². The molecule has 6 nitrogen and oxygen atoms in total. The van der Waals surface area contributed by atoms with Crippen molar-refractivity contribution in [2.24, 2.45) is 0 Å². The average molecular weight is 410 g/mol. The summed E-state index contributed by atoms with van der Waals surface area (Å²) in [5, 5.41) is 9.25. The van der Waals surface area contributed by atoms with Crippen molar-refractivity contribution in [3.05, 3.63) is 89.5 Å². The number of imide groups is 1. The van der Waals surface area contributed by atoms with Crippen LogP contribution in [0.2, 0.25) is 0 Å². The number of anilines is 1. The molecule has 1 aliphatic heterocycles. The quantitative estimate of drug-likeness (QED) is 0.464. The number of nitrogens with zero attached hydrogens (tertiary/aromatic N) is 2. The Morgan fingerprint density at radius 3 is 2.19 bits per heavy atom. The van der Waals surface area contributed by atoms with Crippen LogP contribution < -0.4 is 4.90 Å². The van der Waals surface area contributed by atoms with E-state index in [0.29, 0.717) is 16.8 Å². The molecule has 0 spiro atoms. The molecule has 3 aromatic rings. The first-order valence-electron chi connectivity index (χ1n) is 9.78. The van der Waals surface area contributed by atoms with Gasteiger partial charge in [0.25, 0.3) is 0 Å². The number of carbonyl (C=O) groups excluding carboxylic acids is 3. The summed E-state index contributed by atoms with van der Waals surface area (Å²) in [6.45, 7) is 0.101. The lowest BCUT2D eigenvalue weighted by molar-refractivity contribution is -0.121. The van der Waals surface area contributed by atoms with Gasteiger partial charge in [0.2, 0.25) is 11.8 Å². The third-order valence-corrected chi connectivity index (χ3v) is 5.10. The Kier molecular flexibility index (Phi) is 5.59. The third-order valence-electron chi connectivity index (χ3n) is 5.10. The summed E-state index contributed by atoms with van der Waals surface area (Å²) >= 11 is 0. The van der Waals surface area contributed by atoms with Crippen molar-refractivity contribution in [2.45, 2.75) is 19.4 Å². The first-order chi connectivity index (χ1) is 15.1.